The van der Waals surface area contributed by atoms with Gasteiger partial charge in [0, 0.05) is 6.54 Å². The minimum atomic E-state index is 0. The van der Waals surface area contributed by atoms with E-state index < -0.39 is 0 Å². The Bertz CT molecular complexity index is 441. The molecule has 1 aliphatic rings. The topological polar surface area (TPSA) is 62.4 Å². The van der Waals surface area contributed by atoms with Gasteiger partial charge in [0.1, 0.15) is 5.75 Å². The highest BCUT2D eigenvalue weighted by Crippen LogP contribution is 2.22. The molecule has 1 aliphatic heterocycles. The summed E-state index contributed by atoms with van der Waals surface area (Å²) in [5.74, 6) is 1.47. The van der Waals surface area contributed by atoms with Gasteiger partial charge in [0.05, 0.1) is 19.3 Å². The molecule has 0 aromatic heterocycles. The van der Waals surface area contributed by atoms with E-state index in [-0.39, 0.29) is 37.3 Å². The van der Waals surface area contributed by atoms with Crippen molar-refractivity contribution >= 4 is 36.4 Å². The molecule has 1 fully saturated rings. The third-order valence-corrected chi connectivity index (χ3v) is 3.58. The summed E-state index contributed by atoms with van der Waals surface area (Å²) in [4.78, 5) is 11.8. The van der Waals surface area contributed by atoms with Crippen molar-refractivity contribution in [1.82, 2.24) is 10.6 Å². The molecule has 1 unspecified atom stereocenters. The summed E-state index contributed by atoms with van der Waals surface area (Å²) in [6, 6.07) is 7.58. The number of hydrogen-bond acceptors (Lipinski definition) is 4. The van der Waals surface area contributed by atoms with Crippen molar-refractivity contribution in [2.24, 2.45) is 5.92 Å². The summed E-state index contributed by atoms with van der Waals surface area (Å²) >= 11 is 0. The number of amides is 1. The third kappa shape index (κ3) is 6.73. The van der Waals surface area contributed by atoms with Gasteiger partial charge >= 0.3 is 0 Å². The van der Waals surface area contributed by atoms with Crippen LogP contribution in [0.2, 0.25) is 0 Å². The molecule has 22 heavy (non-hydrogen) atoms. The van der Waals surface area contributed by atoms with Crippen molar-refractivity contribution in [3.63, 3.8) is 0 Å². The Labute approximate surface area is 144 Å². The molecule has 0 bridgehead atoms. The van der Waals surface area contributed by atoms with Gasteiger partial charge in [-0.3, -0.25) is 4.79 Å². The maximum Gasteiger partial charge on any atom is 0.239 e. The standard InChI is InChI=1S/C15H23N3O2.2ClH/c1-20-14-5-3-2-4-13(14)18-11-15(19)17-9-7-12-6-8-16-10-12;;/h2-5,12,16,18H,6-11H2,1H3,(H,17,19);2*1H. The molecule has 0 saturated carbocycles. The van der Waals surface area contributed by atoms with E-state index in [0.29, 0.717) is 5.92 Å². The Morgan fingerprint density at radius 1 is 1.36 bits per heavy atom. The molecule has 5 nitrogen and oxygen atoms in total. The summed E-state index contributed by atoms with van der Waals surface area (Å²) in [6.45, 7) is 3.20. The maximum atomic E-state index is 11.8. The van der Waals surface area contributed by atoms with Crippen molar-refractivity contribution in [3.05, 3.63) is 24.3 Å². The van der Waals surface area contributed by atoms with Crippen LogP contribution in [0.3, 0.4) is 0 Å². The first-order valence-corrected chi connectivity index (χ1v) is 7.14. The highest BCUT2D eigenvalue weighted by Gasteiger charge is 2.14. The van der Waals surface area contributed by atoms with Gasteiger partial charge in [-0.15, -0.1) is 24.8 Å². The molecular weight excluding hydrogens is 325 g/mol. The Hall–Kier alpha value is -1.17. The summed E-state index contributed by atoms with van der Waals surface area (Å²) < 4.78 is 5.23. The summed E-state index contributed by atoms with van der Waals surface area (Å²) in [5, 5.41) is 9.37. The normalized spacial score (nSPS) is 16.1. The number of para-hydroxylation sites is 2. The van der Waals surface area contributed by atoms with Gasteiger partial charge in [0.2, 0.25) is 5.91 Å². The fourth-order valence-electron chi connectivity index (χ4n) is 2.41. The third-order valence-electron chi connectivity index (χ3n) is 3.58. The smallest absolute Gasteiger partial charge is 0.239 e. The Balaban J connectivity index is 0.00000220. The van der Waals surface area contributed by atoms with Gasteiger partial charge in [0.15, 0.2) is 0 Å². The van der Waals surface area contributed by atoms with Crippen molar-refractivity contribution in [1.29, 1.82) is 0 Å². The van der Waals surface area contributed by atoms with Crippen LogP contribution < -0.4 is 20.7 Å². The Morgan fingerprint density at radius 2 is 2.14 bits per heavy atom. The molecule has 1 amide bonds. The van der Waals surface area contributed by atoms with E-state index in [4.69, 9.17) is 4.74 Å². The lowest BCUT2D eigenvalue weighted by Gasteiger charge is -2.12. The molecule has 0 spiro atoms. The second-order valence-corrected chi connectivity index (χ2v) is 5.05. The van der Waals surface area contributed by atoms with E-state index in [1.807, 2.05) is 24.3 Å². The number of carbonyl (C=O) groups excluding carboxylic acids is 1. The molecule has 2 rings (SSSR count). The van der Waals surface area contributed by atoms with Crippen molar-refractivity contribution < 1.29 is 9.53 Å². The van der Waals surface area contributed by atoms with Crippen LogP contribution in [0, 0.1) is 5.92 Å². The summed E-state index contributed by atoms with van der Waals surface area (Å²) in [7, 11) is 1.62. The SMILES string of the molecule is COc1ccccc1NCC(=O)NCCC1CCNC1.Cl.Cl. The molecule has 0 radical (unpaired) electrons. The quantitative estimate of drug-likeness (QED) is 0.705. The van der Waals surface area contributed by atoms with E-state index in [9.17, 15) is 4.79 Å². The largest absolute Gasteiger partial charge is 0.495 e. The lowest BCUT2D eigenvalue weighted by Crippen LogP contribution is -2.31. The van der Waals surface area contributed by atoms with E-state index in [0.717, 1.165) is 37.5 Å². The van der Waals surface area contributed by atoms with Crippen LogP contribution in [-0.2, 0) is 4.79 Å². The highest BCUT2D eigenvalue weighted by molar-refractivity contribution is 5.85. The number of benzene rings is 1. The molecule has 1 aromatic rings. The second-order valence-electron chi connectivity index (χ2n) is 5.05. The van der Waals surface area contributed by atoms with Crippen molar-refractivity contribution in [2.45, 2.75) is 12.8 Å². The van der Waals surface area contributed by atoms with Crippen LogP contribution in [0.5, 0.6) is 5.75 Å². The molecule has 7 heteroatoms. The van der Waals surface area contributed by atoms with Gasteiger partial charge in [-0.2, -0.15) is 0 Å². The molecular formula is C15H25Cl2N3O2. The van der Waals surface area contributed by atoms with Gasteiger partial charge in [-0.1, -0.05) is 12.1 Å². The van der Waals surface area contributed by atoms with Crippen LogP contribution in [0.15, 0.2) is 24.3 Å². The van der Waals surface area contributed by atoms with E-state index >= 15 is 0 Å². The molecule has 126 valence electrons. The molecule has 1 atom stereocenters. The lowest BCUT2D eigenvalue weighted by molar-refractivity contribution is -0.119. The zero-order chi connectivity index (χ0) is 14.2. The van der Waals surface area contributed by atoms with Gasteiger partial charge in [0.25, 0.3) is 0 Å². The maximum absolute atomic E-state index is 11.8. The number of methoxy groups -OCH3 is 1. The highest BCUT2D eigenvalue weighted by atomic mass is 35.5. The molecule has 1 aromatic carbocycles. The number of ether oxygens (including phenoxy) is 1. The zero-order valence-corrected chi connectivity index (χ0v) is 14.4. The first kappa shape index (κ1) is 20.8. The van der Waals surface area contributed by atoms with Crippen LogP contribution in [0.1, 0.15) is 12.8 Å². The Morgan fingerprint density at radius 3 is 2.82 bits per heavy atom. The van der Waals surface area contributed by atoms with E-state index in [2.05, 4.69) is 16.0 Å². The second kappa shape index (κ2) is 11.4. The van der Waals surface area contributed by atoms with Gasteiger partial charge < -0.3 is 20.7 Å². The zero-order valence-electron chi connectivity index (χ0n) is 12.8. The van der Waals surface area contributed by atoms with Gasteiger partial charge in [-0.05, 0) is 44.0 Å². The van der Waals surface area contributed by atoms with Crippen LogP contribution in [0.25, 0.3) is 0 Å². The Kier molecular flexibility index (Phi) is 10.8. The number of rotatable bonds is 7. The fourth-order valence-corrected chi connectivity index (χ4v) is 2.41. The average Bonchev–Trinajstić information content (AvgIpc) is 2.98. The predicted octanol–water partition coefficient (Wildman–Crippen LogP) is 2.07. The number of halogens is 2. The molecule has 3 N–H and O–H groups in total. The minimum absolute atomic E-state index is 0. The van der Waals surface area contributed by atoms with Gasteiger partial charge in [-0.25, -0.2) is 0 Å². The van der Waals surface area contributed by atoms with Crippen LogP contribution >= 0.6 is 24.8 Å². The van der Waals surface area contributed by atoms with Crippen LogP contribution in [-0.4, -0.2) is 39.2 Å². The minimum Gasteiger partial charge on any atom is -0.495 e. The van der Waals surface area contributed by atoms with E-state index in [1.165, 1.54) is 6.42 Å². The molecule has 0 aliphatic carbocycles. The molecule has 1 saturated heterocycles. The van der Waals surface area contributed by atoms with Crippen molar-refractivity contribution in [2.75, 3.05) is 38.6 Å². The number of nitrogens with one attached hydrogen (secondary N) is 3. The average molecular weight is 350 g/mol. The van der Waals surface area contributed by atoms with Crippen LogP contribution in [0.4, 0.5) is 5.69 Å². The number of carbonyl (C=O) groups is 1. The van der Waals surface area contributed by atoms with E-state index in [1.54, 1.807) is 7.11 Å². The number of anilines is 1. The summed E-state index contributed by atoms with van der Waals surface area (Å²) in [6.07, 6.45) is 2.27. The first-order valence-electron chi connectivity index (χ1n) is 7.14. The lowest BCUT2D eigenvalue weighted by atomic mass is 10.1. The predicted molar refractivity (Wildman–Crippen MR) is 94.6 cm³/mol. The fraction of sp³-hybridized carbons (Fsp3) is 0.533. The monoisotopic (exact) mass is 349 g/mol. The summed E-state index contributed by atoms with van der Waals surface area (Å²) in [5.41, 5.74) is 0.838. The first-order chi connectivity index (χ1) is 9.79. The molecule has 1 heterocycles. The number of hydrogen-bond donors (Lipinski definition) is 3. The van der Waals surface area contributed by atoms with Crippen molar-refractivity contribution in [3.8, 4) is 5.75 Å².